The molecule has 1 aliphatic heterocycles. The first-order chi connectivity index (χ1) is 17.7. The van der Waals surface area contributed by atoms with E-state index in [2.05, 4.69) is 24.9 Å². The Morgan fingerprint density at radius 3 is 2.42 bits per heavy atom. The molecule has 0 unspecified atom stereocenters. The van der Waals surface area contributed by atoms with Crippen LogP contribution < -0.4 is 9.64 Å². The summed E-state index contributed by atoms with van der Waals surface area (Å²) in [6.45, 7) is 2.11. The second-order valence-electron chi connectivity index (χ2n) is 7.98. The van der Waals surface area contributed by atoms with E-state index in [0.29, 0.717) is 49.0 Å². The summed E-state index contributed by atoms with van der Waals surface area (Å²) in [4.78, 5) is 23.5. The van der Waals surface area contributed by atoms with Crippen LogP contribution in [0.2, 0.25) is 0 Å². The van der Waals surface area contributed by atoms with E-state index in [1.54, 1.807) is 48.9 Å². The summed E-state index contributed by atoms with van der Waals surface area (Å²) in [5.41, 5.74) is 1.78. The lowest BCUT2D eigenvalue weighted by molar-refractivity contribution is 0.122. The maximum absolute atomic E-state index is 14.0. The standard InChI is InChI=1S/C24H20F2N8O2/c25-20(26)21-28-18-3-1-2-4-19(18)34(21)23-29-22(32-11-13-35-14-12-32)30-24(31-23)36-17-7-5-16(6-8-17)33-10-9-27-15-33/h1-10,15,20H,11-14H2. The van der Waals surface area contributed by atoms with Crippen molar-refractivity contribution in [2.45, 2.75) is 6.43 Å². The van der Waals surface area contributed by atoms with Gasteiger partial charge in [-0.15, -0.1) is 0 Å². The van der Waals surface area contributed by atoms with Gasteiger partial charge in [-0.2, -0.15) is 15.0 Å². The molecule has 3 aromatic heterocycles. The van der Waals surface area contributed by atoms with Crippen LogP contribution in [0.5, 0.6) is 11.8 Å². The molecule has 0 aliphatic carbocycles. The van der Waals surface area contributed by atoms with Crippen molar-refractivity contribution in [2.75, 3.05) is 31.2 Å². The van der Waals surface area contributed by atoms with Gasteiger partial charge in [0.25, 0.3) is 6.43 Å². The lowest BCUT2D eigenvalue weighted by Gasteiger charge is -2.27. The SMILES string of the molecule is FC(F)c1nc2ccccc2n1-c1nc(Oc2ccc(-n3ccnc3)cc2)nc(N2CCOCC2)n1. The molecule has 12 heteroatoms. The van der Waals surface area contributed by atoms with Gasteiger partial charge in [0.2, 0.25) is 11.9 Å². The van der Waals surface area contributed by atoms with Gasteiger partial charge in [0, 0.05) is 31.2 Å². The van der Waals surface area contributed by atoms with E-state index < -0.39 is 12.2 Å². The fourth-order valence-corrected chi connectivity index (χ4v) is 3.99. The van der Waals surface area contributed by atoms with Crippen molar-refractivity contribution in [3.05, 3.63) is 73.1 Å². The largest absolute Gasteiger partial charge is 0.424 e. The minimum atomic E-state index is -2.83. The van der Waals surface area contributed by atoms with Gasteiger partial charge in [0.15, 0.2) is 5.82 Å². The van der Waals surface area contributed by atoms with Gasteiger partial charge < -0.3 is 18.9 Å². The predicted molar refractivity (Wildman–Crippen MR) is 126 cm³/mol. The Kier molecular flexibility index (Phi) is 5.70. The molecule has 2 aromatic carbocycles. The Balaban J connectivity index is 1.43. The Labute approximate surface area is 203 Å². The average molecular weight is 490 g/mol. The molecule has 0 amide bonds. The number of rotatable bonds is 6. The lowest BCUT2D eigenvalue weighted by Crippen LogP contribution is -2.37. The number of imidazole rings is 2. The molecule has 0 N–H and O–H groups in total. The van der Waals surface area contributed by atoms with E-state index in [0.717, 1.165) is 5.69 Å². The first-order valence-corrected chi connectivity index (χ1v) is 11.3. The second-order valence-corrected chi connectivity index (χ2v) is 7.98. The molecule has 1 aliphatic rings. The highest BCUT2D eigenvalue weighted by atomic mass is 19.3. The summed E-state index contributed by atoms with van der Waals surface area (Å²) in [6.07, 6.45) is 2.38. The van der Waals surface area contributed by atoms with Crippen LogP contribution in [0.1, 0.15) is 12.2 Å². The van der Waals surface area contributed by atoms with Gasteiger partial charge in [-0.05, 0) is 36.4 Å². The Morgan fingerprint density at radius 2 is 1.67 bits per heavy atom. The second kappa shape index (κ2) is 9.30. The molecular formula is C24H20F2N8O2. The number of fused-ring (bicyclic) bond motifs is 1. The zero-order valence-electron chi connectivity index (χ0n) is 18.9. The van der Waals surface area contributed by atoms with E-state index in [9.17, 15) is 8.78 Å². The minimum Gasteiger partial charge on any atom is -0.424 e. The summed E-state index contributed by atoms with van der Waals surface area (Å²) in [6, 6.07) is 14.1. The molecule has 4 heterocycles. The number of nitrogens with zero attached hydrogens (tertiary/aromatic N) is 8. The van der Waals surface area contributed by atoms with Crippen molar-refractivity contribution < 1.29 is 18.3 Å². The van der Waals surface area contributed by atoms with Crippen LogP contribution >= 0.6 is 0 Å². The van der Waals surface area contributed by atoms with Crippen LogP contribution in [0.4, 0.5) is 14.7 Å². The third-order valence-electron chi connectivity index (χ3n) is 5.72. The van der Waals surface area contributed by atoms with Crippen molar-refractivity contribution in [3.8, 4) is 23.4 Å². The van der Waals surface area contributed by atoms with E-state index in [4.69, 9.17) is 9.47 Å². The van der Waals surface area contributed by atoms with Crippen LogP contribution in [0, 0.1) is 0 Å². The van der Waals surface area contributed by atoms with Crippen molar-refractivity contribution in [1.82, 2.24) is 34.1 Å². The number of halogens is 2. The van der Waals surface area contributed by atoms with Gasteiger partial charge in [0.1, 0.15) is 5.75 Å². The molecule has 6 rings (SSSR count). The van der Waals surface area contributed by atoms with Crippen LogP contribution in [0.15, 0.2) is 67.3 Å². The molecule has 0 spiro atoms. The van der Waals surface area contributed by atoms with Gasteiger partial charge in [-0.25, -0.2) is 18.7 Å². The highest BCUT2D eigenvalue weighted by molar-refractivity contribution is 5.77. The van der Waals surface area contributed by atoms with Gasteiger partial charge in [0.05, 0.1) is 30.6 Å². The van der Waals surface area contributed by atoms with Crippen molar-refractivity contribution >= 4 is 17.0 Å². The predicted octanol–water partition coefficient (Wildman–Crippen LogP) is 3.96. The molecule has 0 saturated carbocycles. The number of ether oxygens (including phenoxy) is 2. The summed E-state index contributed by atoms with van der Waals surface area (Å²) >= 11 is 0. The van der Waals surface area contributed by atoms with Crippen molar-refractivity contribution in [1.29, 1.82) is 0 Å². The highest BCUT2D eigenvalue weighted by Crippen LogP contribution is 2.29. The normalized spacial score (nSPS) is 14.0. The summed E-state index contributed by atoms with van der Waals surface area (Å²) < 4.78 is 42.5. The average Bonchev–Trinajstić information content (AvgIpc) is 3.58. The Bertz CT molecular complexity index is 1480. The Morgan fingerprint density at radius 1 is 0.889 bits per heavy atom. The number of alkyl halides is 2. The summed E-state index contributed by atoms with van der Waals surface area (Å²) in [5.74, 6) is 0.339. The maximum Gasteiger partial charge on any atom is 0.328 e. The van der Waals surface area contributed by atoms with E-state index in [1.807, 2.05) is 27.8 Å². The molecule has 0 radical (unpaired) electrons. The number of para-hydroxylation sites is 2. The molecule has 0 atom stereocenters. The maximum atomic E-state index is 14.0. The minimum absolute atomic E-state index is 0.000488. The topological polar surface area (TPSA) is 96.0 Å². The fraction of sp³-hybridized carbons (Fsp3) is 0.208. The molecule has 1 saturated heterocycles. The van der Waals surface area contributed by atoms with Crippen LogP contribution in [0.25, 0.3) is 22.7 Å². The number of morpholine rings is 1. The van der Waals surface area contributed by atoms with E-state index in [1.165, 1.54) is 4.57 Å². The number of benzene rings is 2. The molecule has 5 aromatic rings. The number of aromatic nitrogens is 7. The van der Waals surface area contributed by atoms with Gasteiger partial charge in [-0.1, -0.05) is 12.1 Å². The van der Waals surface area contributed by atoms with E-state index >= 15 is 0 Å². The number of anilines is 1. The van der Waals surface area contributed by atoms with Crippen molar-refractivity contribution in [2.24, 2.45) is 0 Å². The number of hydrogen-bond acceptors (Lipinski definition) is 8. The monoisotopic (exact) mass is 490 g/mol. The van der Waals surface area contributed by atoms with Gasteiger partial charge in [-0.3, -0.25) is 4.57 Å². The zero-order chi connectivity index (χ0) is 24.5. The molecule has 182 valence electrons. The first kappa shape index (κ1) is 22.0. The molecular weight excluding hydrogens is 470 g/mol. The third-order valence-corrected chi connectivity index (χ3v) is 5.72. The van der Waals surface area contributed by atoms with E-state index in [-0.39, 0.29) is 12.0 Å². The van der Waals surface area contributed by atoms with Crippen LogP contribution in [-0.4, -0.2) is 60.4 Å². The Hall–Kier alpha value is -4.45. The summed E-state index contributed by atoms with van der Waals surface area (Å²) in [7, 11) is 0. The molecule has 0 bridgehead atoms. The molecule has 36 heavy (non-hydrogen) atoms. The van der Waals surface area contributed by atoms with Gasteiger partial charge >= 0.3 is 6.01 Å². The quantitative estimate of drug-likeness (QED) is 0.353. The molecule has 1 fully saturated rings. The first-order valence-electron chi connectivity index (χ1n) is 11.3. The highest BCUT2D eigenvalue weighted by Gasteiger charge is 2.24. The fourth-order valence-electron chi connectivity index (χ4n) is 3.99. The zero-order valence-corrected chi connectivity index (χ0v) is 18.9. The number of hydrogen-bond donors (Lipinski definition) is 0. The van der Waals surface area contributed by atoms with Crippen LogP contribution in [0.3, 0.4) is 0 Å². The van der Waals surface area contributed by atoms with Crippen molar-refractivity contribution in [3.63, 3.8) is 0 Å². The smallest absolute Gasteiger partial charge is 0.328 e. The molecule has 10 nitrogen and oxygen atoms in total. The third kappa shape index (κ3) is 4.22. The van der Waals surface area contributed by atoms with Crippen LogP contribution in [-0.2, 0) is 4.74 Å². The lowest BCUT2D eigenvalue weighted by atomic mass is 10.3. The summed E-state index contributed by atoms with van der Waals surface area (Å²) in [5, 5.41) is 0.